The van der Waals surface area contributed by atoms with Crippen LogP contribution < -0.4 is 16.8 Å². The highest BCUT2D eigenvalue weighted by atomic mass is 35.5. The molecule has 1 aliphatic heterocycles. The van der Waals surface area contributed by atoms with Crippen molar-refractivity contribution in [3.05, 3.63) is 99.0 Å². The molecule has 4 rings (SSSR count). The highest BCUT2D eigenvalue weighted by Crippen LogP contribution is 2.32. The van der Waals surface area contributed by atoms with Crippen molar-refractivity contribution in [1.82, 2.24) is 9.80 Å². The average Bonchev–Trinajstić information content (AvgIpc) is 2.96. The second-order valence-corrected chi connectivity index (χ2v) is 11.3. The number of nitrogens with one attached hydrogen (secondary N) is 1. The van der Waals surface area contributed by atoms with Crippen molar-refractivity contribution < 1.29 is 18.4 Å². The maximum absolute atomic E-state index is 13.5. The van der Waals surface area contributed by atoms with E-state index in [1.165, 1.54) is 24.3 Å². The summed E-state index contributed by atoms with van der Waals surface area (Å²) in [6.07, 6.45) is 2.53. The summed E-state index contributed by atoms with van der Waals surface area (Å²) in [5.74, 6) is -1.44. The van der Waals surface area contributed by atoms with Crippen LogP contribution in [0, 0.1) is 11.6 Å². The van der Waals surface area contributed by atoms with Gasteiger partial charge in [-0.25, -0.2) is 8.78 Å². The van der Waals surface area contributed by atoms with Gasteiger partial charge in [0.05, 0.1) is 22.3 Å². The normalized spacial score (nSPS) is 16.1. The van der Waals surface area contributed by atoms with Gasteiger partial charge in [0.1, 0.15) is 17.7 Å². The first-order valence-corrected chi connectivity index (χ1v) is 14.6. The van der Waals surface area contributed by atoms with Gasteiger partial charge in [-0.15, -0.1) is 0 Å². The molecule has 0 aromatic heterocycles. The van der Waals surface area contributed by atoms with Crippen LogP contribution in [0.1, 0.15) is 41.9 Å². The summed E-state index contributed by atoms with van der Waals surface area (Å²) < 4.78 is 27.1. The molecule has 7 nitrogen and oxygen atoms in total. The third kappa shape index (κ3) is 8.49. The minimum atomic E-state index is -0.624. The summed E-state index contributed by atoms with van der Waals surface area (Å²) in [4.78, 5) is 29.1. The van der Waals surface area contributed by atoms with Gasteiger partial charge in [0.15, 0.2) is 0 Å². The summed E-state index contributed by atoms with van der Waals surface area (Å²) in [5.41, 5.74) is 14.4. The molecule has 3 aromatic rings. The number of halogens is 4. The fourth-order valence-electron chi connectivity index (χ4n) is 5.37. The van der Waals surface area contributed by atoms with Gasteiger partial charge in [-0.05, 0) is 72.5 Å². The molecule has 0 aliphatic carbocycles. The number of rotatable bonds is 12. The van der Waals surface area contributed by atoms with E-state index in [1.807, 2.05) is 0 Å². The van der Waals surface area contributed by atoms with Gasteiger partial charge >= 0.3 is 0 Å². The van der Waals surface area contributed by atoms with E-state index >= 15 is 0 Å². The topological polar surface area (TPSA) is 105 Å². The number of carbonyl (C=O) groups excluding carboxylic acids is 2. The van der Waals surface area contributed by atoms with Crippen molar-refractivity contribution >= 4 is 40.7 Å². The van der Waals surface area contributed by atoms with Gasteiger partial charge in [0.2, 0.25) is 11.8 Å². The van der Waals surface area contributed by atoms with Crippen molar-refractivity contribution in [2.75, 3.05) is 38.0 Å². The number of amides is 2. The number of nitrogens with two attached hydrogens (primary N) is 2. The first-order valence-electron chi connectivity index (χ1n) is 13.9. The Morgan fingerprint density at radius 1 is 0.929 bits per heavy atom. The number of hydrogen-bond acceptors (Lipinski definition) is 5. The molecule has 42 heavy (non-hydrogen) atoms. The van der Waals surface area contributed by atoms with Crippen LogP contribution >= 0.6 is 23.2 Å². The second kappa shape index (κ2) is 14.9. The molecule has 2 amide bonds. The zero-order valence-corrected chi connectivity index (χ0v) is 24.7. The molecular weight excluding hydrogens is 583 g/mol. The summed E-state index contributed by atoms with van der Waals surface area (Å²) in [6.45, 7) is 2.55. The number of piperazine rings is 1. The Kier molecular flexibility index (Phi) is 11.3. The van der Waals surface area contributed by atoms with E-state index in [1.54, 1.807) is 41.3 Å². The molecule has 3 aromatic carbocycles. The fourth-order valence-corrected chi connectivity index (χ4v) is 5.99. The molecule has 1 saturated heterocycles. The Morgan fingerprint density at radius 3 is 2.02 bits per heavy atom. The summed E-state index contributed by atoms with van der Waals surface area (Å²) in [5, 5.41) is 3.31. The van der Waals surface area contributed by atoms with Gasteiger partial charge in [0, 0.05) is 32.1 Å². The predicted molar refractivity (Wildman–Crippen MR) is 162 cm³/mol. The fraction of sp³-hybridized carbons (Fsp3) is 0.355. The number of carbonyl (C=O) groups is 2. The standard InChI is InChI=1S/C31H35Cl2F2N5O2/c32-26-15-20(17-36)16-27(33)30(26)38-29(41)19-40-14-13-39(18-28(40)31(37)42)12-2-1-3-25(21-4-8-23(34)9-5-21)22-6-10-24(35)11-7-22/h4-11,15-16,25,28H,1-3,12-14,17-19,36H2,(H2,37,42)(H,38,41). The maximum atomic E-state index is 13.5. The number of primary amides is 1. The lowest BCUT2D eigenvalue weighted by molar-refractivity contribution is -0.127. The van der Waals surface area contributed by atoms with Gasteiger partial charge in [-0.3, -0.25) is 19.4 Å². The lowest BCUT2D eigenvalue weighted by atomic mass is 9.87. The predicted octanol–water partition coefficient (Wildman–Crippen LogP) is 5.14. The van der Waals surface area contributed by atoms with Crippen LogP contribution in [0.5, 0.6) is 0 Å². The van der Waals surface area contributed by atoms with E-state index < -0.39 is 11.9 Å². The first kappa shape index (κ1) is 31.8. The third-order valence-electron chi connectivity index (χ3n) is 7.61. The molecule has 1 aliphatic rings. The molecule has 0 spiro atoms. The minimum Gasteiger partial charge on any atom is -0.368 e. The van der Waals surface area contributed by atoms with Crippen LogP contribution in [0.4, 0.5) is 14.5 Å². The summed E-state index contributed by atoms with van der Waals surface area (Å²) >= 11 is 12.6. The van der Waals surface area contributed by atoms with Crippen LogP contribution in [0.25, 0.3) is 0 Å². The molecular formula is C31H35Cl2F2N5O2. The molecule has 1 atom stereocenters. The van der Waals surface area contributed by atoms with E-state index in [2.05, 4.69) is 10.2 Å². The van der Waals surface area contributed by atoms with Crippen LogP contribution in [0.3, 0.4) is 0 Å². The first-order chi connectivity index (χ1) is 20.1. The van der Waals surface area contributed by atoms with E-state index in [0.717, 1.165) is 42.5 Å². The Bertz CT molecular complexity index is 1310. The average molecular weight is 619 g/mol. The van der Waals surface area contributed by atoms with Gasteiger partial charge in [0.25, 0.3) is 0 Å². The molecule has 1 unspecified atom stereocenters. The molecule has 5 N–H and O–H groups in total. The monoisotopic (exact) mass is 617 g/mol. The Balaban J connectivity index is 1.30. The largest absolute Gasteiger partial charge is 0.368 e. The Labute approximate surface area is 254 Å². The van der Waals surface area contributed by atoms with Gasteiger partial charge in [-0.1, -0.05) is 53.9 Å². The molecule has 0 radical (unpaired) electrons. The van der Waals surface area contributed by atoms with Crippen molar-refractivity contribution in [2.24, 2.45) is 11.5 Å². The van der Waals surface area contributed by atoms with E-state index in [-0.39, 0.29) is 46.6 Å². The lowest BCUT2D eigenvalue weighted by Gasteiger charge is -2.39. The van der Waals surface area contributed by atoms with Crippen molar-refractivity contribution in [2.45, 2.75) is 37.8 Å². The number of benzene rings is 3. The smallest absolute Gasteiger partial charge is 0.238 e. The maximum Gasteiger partial charge on any atom is 0.238 e. The van der Waals surface area contributed by atoms with Crippen LogP contribution in [0.15, 0.2) is 60.7 Å². The summed E-state index contributed by atoms with van der Waals surface area (Å²) in [7, 11) is 0. The zero-order valence-electron chi connectivity index (χ0n) is 23.2. The van der Waals surface area contributed by atoms with Crippen LogP contribution in [0.2, 0.25) is 10.0 Å². The molecule has 0 bridgehead atoms. The van der Waals surface area contributed by atoms with Crippen LogP contribution in [-0.2, 0) is 16.1 Å². The van der Waals surface area contributed by atoms with Gasteiger partial charge < -0.3 is 16.8 Å². The van der Waals surface area contributed by atoms with Crippen molar-refractivity contribution in [1.29, 1.82) is 0 Å². The quantitative estimate of drug-likeness (QED) is 0.244. The number of unbranched alkanes of at least 4 members (excludes halogenated alkanes) is 1. The highest BCUT2D eigenvalue weighted by molar-refractivity contribution is 6.39. The third-order valence-corrected chi connectivity index (χ3v) is 8.21. The van der Waals surface area contributed by atoms with Crippen molar-refractivity contribution in [3.63, 3.8) is 0 Å². The van der Waals surface area contributed by atoms with Crippen LogP contribution in [-0.4, -0.2) is 60.4 Å². The number of nitrogens with zero attached hydrogens (tertiary/aromatic N) is 2. The lowest BCUT2D eigenvalue weighted by Crippen LogP contribution is -2.59. The molecule has 1 fully saturated rings. The Morgan fingerprint density at radius 2 is 1.50 bits per heavy atom. The number of hydrogen-bond donors (Lipinski definition) is 3. The molecule has 1 heterocycles. The molecule has 0 saturated carbocycles. The molecule has 11 heteroatoms. The van der Waals surface area contributed by atoms with Crippen molar-refractivity contribution in [3.8, 4) is 0 Å². The second-order valence-electron chi connectivity index (χ2n) is 10.5. The minimum absolute atomic E-state index is 0.00782. The zero-order chi connectivity index (χ0) is 30.2. The van der Waals surface area contributed by atoms with E-state index in [9.17, 15) is 18.4 Å². The van der Waals surface area contributed by atoms with E-state index in [4.69, 9.17) is 34.7 Å². The number of anilines is 1. The van der Waals surface area contributed by atoms with Gasteiger partial charge in [-0.2, -0.15) is 0 Å². The molecule has 224 valence electrons. The highest BCUT2D eigenvalue weighted by Gasteiger charge is 2.32. The SMILES string of the molecule is NCc1cc(Cl)c(NC(=O)CN2CCN(CCCCC(c3ccc(F)cc3)c3ccc(F)cc3)CC2C(N)=O)c(Cl)c1. The summed E-state index contributed by atoms with van der Waals surface area (Å²) in [6, 6.07) is 15.5. The Hall–Kier alpha value is -3.08. The van der Waals surface area contributed by atoms with E-state index in [0.29, 0.717) is 25.3 Å².